The number of pyridine rings is 1. The van der Waals surface area contributed by atoms with Gasteiger partial charge in [0.05, 0.1) is 0 Å². The van der Waals surface area contributed by atoms with Crippen LogP contribution in [0.4, 0.5) is 5.69 Å². The van der Waals surface area contributed by atoms with Crippen LogP contribution in [0, 0.1) is 6.92 Å². The summed E-state index contributed by atoms with van der Waals surface area (Å²) in [4.78, 5) is 45.7. The minimum absolute atomic E-state index is 0.0351. The predicted molar refractivity (Wildman–Crippen MR) is 105 cm³/mol. The molecule has 1 aromatic carbocycles. The van der Waals surface area contributed by atoms with Crippen molar-refractivity contribution in [3.05, 3.63) is 76.3 Å². The van der Waals surface area contributed by atoms with Crippen molar-refractivity contribution >= 4 is 23.1 Å². The van der Waals surface area contributed by atoms with Gasteiger partial charge in [0.25, 0.3) is 11.5 Å². The number of aromatic nitrogens is 2. The number of benzene rings is 1. The molecule has 1 aliphatic rings. The molecule has 28 heavy (non-hydrogen) atoms. The van der Waals surface area contributed by atoms with Crippen molar-refractivity contribution in [2.75, 3.05) is 18.0 Å². The Morgan fingerprint density at radius 2 is 1.86 bits per heavy atom. The SMILES string of the molecule is Cc1ccc(N2CC(C)N(C(=O)c3cnc4ccccn4c3=O)CC2=O)cc1. The number of nitrogens with zero attached hydrogens (tertiary/aromatic N) is 4. The van der Waals surface area contributed by atoms with Crippen LogP contribution in [-0.2, 0) is 4.79 Å². The molecule has 1 aliphatic heterocycles. The van der Waals surface area contributed by atoms with Gasteiger partial charge >= 0.3 is 0 Å². The van der Waals surface area contributed by atoms with Gasteiger partial charge in [0.2, 0.25) is 5.91 Å². The van der Waals surface area contributed by atoms with E-state index in [2.05, 4.69) is 4.98 Å². The first-order valence-corrected chi connectivity index (χ1v) is 9.10. The van der Waals surface area contributed by atoms with Gasteiger partial charge in [-0.2, -0.15) is 0 Å². The summed E-state index contributed by atoms with van der Waals surface area (Å²) in [6.07, 6.45) is 2.87. The van der Waals surface area contributed by atoms with E-state index in [1.54, 1.807) is 29.3 Å². The van der Waals surface area contributed by atoms with E-state index >= 15 is 0 Å². The second kappa shape index (κ2) is 6.92. The third kappa shape index (κ3) is 3.05. The molecule has 0 saturated carbocycles. The molecule has 1 saturated heterocycles. The second-order valence-electron chi connectivity index (χ2n) is 7.03. The zero-order valence-corrected chi connectivity index (χ0v) is 15.7. The molecule has 7 heteroatoms. The number of fused-ring (bicyclic) bond motifs is 1. The fourth-order valence-corrected chi connectivity index (χ4v) is 3.43. The lowest BCUT2D eigenvalue weighted by atomic mass is 10.1. The van der Waals surface area contributed by atoms with Gasteiger partial charge < -0.3 is 9.80 Å². The Bertz CT molecular complexity index is 1120. The summed E-state index contributed by atoms with van der Waals surface area (Å²) >= 11 is 0. The van der Waals surface area contributed by atoms with Crippen LogP contribution in [0.5, 0.6) is 0 Å². The molecule has 1 atom stereocenters. The number of amides is 2. The van der Waals surface area contributed by atoms with E-state index in [4.69, 9.17) is 0 Å². The number of piperazine rings is 1. The molecular weight excluding hydrogens is 356 g/mol. The van der Waals surface area contributed by atoms with E-state index < -0.39 is 11.5 Å². The summed E-state index contributed by atoms with van der Waals surface area (Å²) in [7, 11) is 0. The van der Waals surface area contributed by atoms with E-state index in [-0.39, 0.29) is 24.1 Å². The number of aryl methyl sites for hydroxylation is 1. The van der Waals surface area contributed by atoms with Gasteiger partial charge in [0, 0.05) is 30.7 Å². The lowest BCUT2D eigenvalue weighted by molar-refractivity contribution is -0.121. The van der Waals surface area contributed by atoms with Crippen molar-refractivity contribution in [1.82, 2.24) is 14.3 Å². The summed E-state index contributed by atoms with van der Waals surface area (Å²) < 4.78 is 1.34. The highest BCUT2D eigenvalue weighted by Gasteiger charge is 2.34. The molecule has 1 unspecified atom stereocenters. The fraction of sp³-hybridized carbons (Fsp3) is 0.238. The Morgan fingerprint density at radius 1 is 1.11 bits per heavy atom. The van der Waals surface area contributed by atoms with Gasteiger partial charge in [0.15, 0.2) is 0 Å². The standard InChI is InChI=1S/C21H20N4O3/c1-14-6-8-16(9-7-14)25-12-15(2)24(13-19(25)26)21(28)17-11-22-18-5-3-4-10-23(18)20(17)27/h3-11,15H,12-13H2,1-2H3. The van der Waals surface area contributed by atoms with Gasteiger partial charge in [-0.3, -0.25) is 18.8 Å². The molecule has 2 amide bonds. The number of carbonyl (C=O) groups is 2. The van der Waals surface area contributed by atoms with E-state index in [0.717, 1.165) is 11.3 Å². The zero-order chi connectivity index (χ0) is 19.8. The zero-order valence-electron chi connectivity index (χ0n) is 15.7. The molecule has 142 valence electrons. The van der Waals surface area contributed by atoms with Gasteiger partial charge in [-0.15, -0.1) is 0 Å². The largest absolute Gasteiger partial charge is 0.325 e. The number of hydrogen-bond acceptors (Lipinski definition) is 4. The minimum Gasteiger partial charge on any atom is -0.325 e. The van der Waals surface area contributed by atoms with Crippen LogP contribution >= 0.6 is 0 Å². The molecule has 3 aromatic rings. The molecule has 2 aromatic heterocycles. The molecule has 7 nitrogen and oxygen atoms in total. The maximum absolute atomic E-state index is 13.0. The van der Waals surface area contributed by atoms with E-state index in [0.29, 0.717) is 12.2 Å². The normalized spacial score (nSPS) is 17.2. The van der Waals surface area contributed by atoms with Gasteiger partial charge in [0.1, 0.15) is 17.8 Å². The molecule has 0 N–H and O–H groups in total. The van der Waals surface area contributed by atoms with Crippen LogP contribution < -0.4 is 10.5 Å². The third-order valence-electron chi connectivity index (χ3n) is 5.04. The van der Waals surface area contributed by atoms with Crippen LogP contribution in [0.1, 0.15) is 22.8 Å². The highest BCUT2D eigenvalue weighted by atomic mass is 16.2. The van der Waals surface area contributed by atoms with Crippen LogP contribution in [0.3, 0.4) is 0 Å². The number of anilines is 1. The highest BCUT2D eigenvalue weighted by Crippen LogP contribution is 2.21. The quantitative estimate of drug-likeness (QED) is 0.684. The predicted octanol–water partition coefficient (Wildman–Crippen LogP) is 1.88. The van der Waals surface area contributed by atoms with E-state index in [1.807, 2.05) is 38.1 Å². The Balaban J connectivity index is 1.61. The molecule has 1 fully saturated rings. The van der Waals surface area contributed by atoms with Crippen molar-refractivity contribution in [2.24, 2.45) is 0 Å². The Hall–Kier alpha value is -3.48. The van der Waals surface area contributed by atoms with E-state index in [9.17, 15) is 14.4 Å². The molecule has 0 aliphatic carbocycles. The molecule has 0 spiro atoms. The maximum Gasteiger partial charge on any atom is 0.270 e. The Morgan fingerprint density at radius 3 is 2.61 bits per heavy atom. The summed E-state index contributed by atoms with van der Waals surface area (Å²) in [6.45, 7) is 4.15. The minimum atomic E-state index is -0.472. The lowest BCUT2D eigenvalue weighted by Crippen LogP contribution is -2.57. The lowest BCUT2D eigenvalue weighted by Gasteiger charge is -2.39. The first-order chi connectivity index (χ1) is 13.5. The highest BCUT2D eigenvalue weighted by molar-refractivity contribution is 6.01. The Kier molecular flexibility index (Phi) is 4.43. The fourth-order valence-electron chi connectivity index (χ4n) is 3.43. The van der Waals surface area contributed by atoms with Crippen LogP contribution in [-0.4, -0.2) is 45.2 Å². The van der Waals surface area contributed by atoms with Crippen LogP contribution in [0.25, 0.3) is 5.65 Å². The third-order valence-corrected chi connectivity index (χ3v) is 5.04. The number of hydrogen-bond donors (Lipinski definition) is 0. The molecule has 3 heterocycles. The van der Waals surface area contributed by atoms with Crippen molar-refractivity contribution in [1.29, 1.82) is 0 Å². The van der Waals surface area contributed by atoms with Crippen LogP contribution in [0.2, 0.25) is 0 Å². The molecule has 4 rings (SSSR count). The molecule has 0 bridgehead atoms. The van der Waals surface area contributed by atoms with Crippen LogP contribution in [0.15, 0.2) is 59.7 Å². The molecular formula is C21H20N4O3. The van der Waals surface area contributed by atoms with Crippen molar-refractivity contribution in [2.45, 2.75) is 19.9 Å². The first kappa shape index (κ1) is 17.9. The summed E-state index contributed by atoms with van der Waals surface area (Å²) in [5, 5.41) is 0. The average Bonchev–Trinajstić information content (AvgIpc) is 2.70. The van der Waals surface area contributed by atoms with Gasteiger partial charge in [-0.25, -0.2) is 4.98 Å². The van der Waals surface area contributed by atoms with Gasteiger partial charge in [-0.05, 0) is 38.1 Å². The first-order valence-electron chi connectivity index (χ1n) is 9.10. The maximum atomic E-state index is 13.0. The van der Waals surface area contributed by atoms with Crippen molar-refractivity contribution < 1.29 is 9.59 Å². The monoisotopic (exact) mass is 376 g/mol. The Labute approximate surface area is 161 Å². The summed E-state index contributed by atoms with van der Waals surface area (Å²) in [6, 6.07) is 12.6. The number of rotatable bonds is 2. The topological polar surface area (TPSA) is 75.0 Å². The van der Waals surface area contributed by atoms with Crippen molar-refractivity contribution in [3.63, 3.8) is 0 Å². The van der Waals surface area contributed by atoms with Gasteiger partial charge in [-0.1, -0.05) is 23.8 Å². The van der Waals surface area contributed by atoms with E-state index in [1.165, 1.54) is 15.5 Å². The second-order valence-corrected chi connectivity index (χ2v) is 7.03. The summed E-state index contributed by atoms with van der Waals surface area (Å²) in [5.74, 6) is -0.649. The number of carbonyl (C=O) groups excluding carboxylic acids is 2. The summed E-state index contributed by atoms with van der Waals surface area (Å²) in [5.41, 5.74) is 1.92. The smallest absolute Gasteiger partial charge is 0.270 e. The average molecular weight is 376 g/mol. The van der Waals surface area contributed by atoms with Crippen molar-refractivity contribution in [3.8, 4) is 0 Å². The molecule has 0 radical (unpaired) electrons.